The summed E-state index contributed by atoms with van der Waals surface area (Å²) in [5.74, 6) is 0. The van der Waals surface area contributed by atoms with E-state index in [-0.39, 0.29) is 0 Å². The summed E-state index contributed by atoms with van der Waals surface area (Å²) in [5, 5.41) is 0.967. The normalized spacial score (nSPS) is 14.8. The Labute approximate surface area is 154 Å². The molecule has 0 fully saturated rings. The van der Waals surface area contributed by atoms with Crippen LogP contribution in [0.25, 0.3) is 4.91 Å². The van der Waals surface area contributed by atoms with Crippen LogP contribution in [0.2, 0.25) is 0 Å². The van der Waals surface area contributed by atoms with Gasteiger partial charge >= 0.3 is 0 Å². The van der Waals surface area contributed by atoms with E-state index in [0.717, 1.165) is 24.5 Å². The fraction of sp³-hybridized carbons (Fsp3) is 0.400. The summed E-state index contributed by atoms with van der Waals surface area (Å²) < 4.78 is 0. The van der Waals surface area contributed by atoms with E-state index >= 15 is 0 Å². The third kappa shape index (κ3) is 4.05. The van der Waals surface area contributed by atoms with E-state index in [4.69, 9.17) is 5.73 Å². The van der Waals surface area contributed by atoms with Gasteiger partial charge in [-0.05, 0) is 44.5 Å². The van der Waals surface area contributed by atoms with Crippen LogP contribution in [0.4, 0.5) is 5.00 Å². The first-order valence-electron chi connectivity index (χ1n) is 8.59. The van der Waals surface area contributed by atoms with Gasteiger partial charge in [-0.2, -0.15) is 0 Å². The zero-order valence-electron chi connectivity index (χ0n) is 15.3. The predicted octanol–water partition coefficient (Wildman–Crippen LogP) is 5.81. The Morgan fingerprint density at radius 1 is 1.29 bits per heavy atom. The van der Waals surface area contributed by atoms with Crippen molar-refractivity contribution in [3.63, 3.8) is 0 Å². The highest BCUT2D eigenvalue weighted by molar-refractivity contribution is 8.08. The average molecular weight is 361 g/mol. The van der Waals surface area contributed by atoms with Gasteiger partial charge in [-0.15, -0.1) is 11.3 Å². The Morgan fingerprint density at radius 2 is 2.00 bits per heavy atom. The lowest BCUT2D eigenvalue weighted by Crippen LogP contribution is -2.25. The summed E-state index contributed by atoms with van der Waals surface area (Å²) in [7, 11) is 2.18. The molecule has 1 aromatic carbocycles. The molecule has 4 heteroatoms. The number of hydrogen-bond donors (Lipinski definition) is 1. The fourth-order valence-corrected chi connectivity index (χ4v) is 5.21. The zero-order chi connectivity index (χ0) is 17.7. The van der Waals surface area contributed by atoms with E-state index in [1.807, 2.05) is 25.6 Å². The van der Waals surface area contributed by atoms with Crippen molar-refractivity contribution in [2.45, 2.75) is 45.6 Å². The molecule has 2 aromatic rings. The quantitative estimate of drug-likeness (QED) is 0.701. The maximum Gasteiger partial charge on any atom is 0.0947 e. The van der Waals surface area contributed by atoms with Crippen molar-refractivity contribution in [1.82, 2.24) is 4.90 Å². The van der Waals surface area contributed by atoms with Gasteiger partial charge in [0.25, 0.3) is 0 Å². The highest BCUT2D eigenvalue weighted by Crippen LogP contribution is 2.45. The predicted molar refractivity (Wildman–Crippen MR) is 111 cm³/mol. The van der Waals surface area contributed by atoms with Crippen LogP contribution in [0.5, 0.6) is 0 Å². The van der Waals surface area contributed by atoms with Crippen LogP contribution < -0.4 is 5.73 Å². The number of hydrogen-bond acceptors (Lipinski definition) is 4. The zero-order valence-corrected chi connectivity index (χ0v) is 17.0. The van der Waals surface area contributed by atoms with E-state index in [9.17, 15) is 0 Å². The minimum atomic E-state index is 0.967. The van der Waals surface area contributed by atoms with Gasteiger partial charge in [-0.3, -0.25) is 0 Å². The number of anilines is 1. The lowest BCUT2D eigenvalue weighted by Gasteiger charge is -2.23. The first-order chi connectivity index (χ1) is 11.6. The Bertz CT molecular complexity index is 716. The summed E-state index contributed by atoms with van der Waals surface area (Å²) >= 11 is 3.60. The third-order valence-corrected chi connectivity index (χ3v) is 6.48. The molecular formula is C20H28N2S2. The van der Waals surface area contributed by atoms with Crippen molar-refractivity contribution in [3.05, 3.63) is 51.9 Å². The van der Waals surface area contributed by atoms with Gasteiger partial charge in [0.05, 0.1) is 5.00 Å². The van der Waals surface area contributed by atoms with Gasteiger partial charge in [0.15, 0.2) is 0 Å². The van der Waals surface area contributed by atoms with Crippen LogP contribution in [0, 0.1) is 6.92 Å². The summed E-state index contributed by atoms with van der Waals surface area (Å²) in [4.78, 5) is 6.40. The minimum Gasteiger partial charge on any atom is -0.390 e. The molecule has 2 heterocycles. The Kier molecular flexibility index (Phi) is 6.96. The van der Waals surface area contributed by atoms with Crippen LogP contribution in [-0.2, 0) is 13.0 Å². The first kappa shape index (κ1) is 19.1. The lowest BCUT2D eigenvalue weighted by molar-refractivity contribution is 0.317. The monoisotopic (exact) mass is 360 g/mol. The number of benzene rings is 1. The van der Waals surface area contributed by atoms with Crippen molar-refractivity contribution in [2.24, 2.45) is 0 Å². The topological polar surface area (TPSA) is 29.3 Å². The number of allylic oxidation sites excluding steroid dienone is 1. The van der Waals surface area contributed by atoms with Crippen LogP contribution in [-0.4, -0.2) is 18.5 Å². The van der Waals surface area contributed by atoms with Gasteiger partial charge in [0.2, 0.25) is 0 Å². The molecule has 0 spiro atoms. The molecule has 0 atom stereocenters. The minimum absolute atomic E-state index is 0.967. The molecule has 0 saturated carbocycles. The highest BCUT2D eigenvalue weighted by Gasteiger charge is 2.24. The molecular weight excluding hydrogens is 332 g/mol. The second-order valence-electron chi connectivity index (χ2n) is 5.75. The van der Waals surface area contributed by atoms with E-state index in [1.54, 1.807) is 11.3 Å². The van der Waals surface area contributed by atoms with E-state index < -0.39 is 0 Å². The first-order valence-corrected chi connectivity index (χ1v) is 10.2. The smallest absolute Gasteiger partial charge is 0.0947 e. The molecule has 1 aromatic heterocycles. The van der Waals surface area contributed by atoms with Gasteiger partial charge in [0, 0.05) is 33.3 Å². The molecule has 0 saturated heterocycles. The third-order valence-electron chi connectivity index (χ3n) is 4.10. The van der Waals surface area contributed by atoms with Crippen molar-refractivity contribution >= 4 is 33.0 Å². The number of rotatable bonds is 3. The molecule has 0 amide bonds. The molecule has 0 aliphatic carbocycles. The second-order valence-corrected chi connectivity index (χ2v) is 7.97. The summed E-state index contributed by atoms with van der Waals surface area (Å²) in [6.45, 7) is 10.4. The van der Waals surface area contributed by atoms with E-state index in [0.29, 0.717) is 0 Å². The van der Waals surface area contributed by atoms with Crippen molar-refractivity contribution in [3.8, 4) is 0 Å². The summed E-state index contributed by atoms with van der Waals surface area (Å²) in [6, 6.07) is 8.54. The summed E-state index contributed by atoms with van der Waals surface area (Å²) in [6.07, 6.45) is 3.30. The number of fused-ring (bicyclic) bond motifs is 1. The average Bonchev–Trinajstić information content (AvgIpc) is 2.91. The molecule has 3 rings (SSSR count). The number of nitrogen functional groups attached to an aromatic ring is 1. The number of likely N-dealkylation sites (N-methyl/N-ethyl adjacent to an activating group) is 1. The van der Waals surface area contributed by atoms with Crippen LogP contribution in [0.15, 0.2) is 35.2 Å². The molecule has 1 aliphatic rings. The Balaban J connectivity index is 0.00000100. The second kappa shape index (κ2) is 8.75. The largest absolute Gasteiger partial charge is 0.390 e. The SMILES string of the molecule is C/C=C(\Sc1ccccc1C)c1c(N)sc2c1CCN(C)C2.CC. The molecule has 0 radical (unpaired) electrons. The van der Waals surface area contributed by atoms with E-state index in [1.165, 1.54) is 31.4 Å². The summed E-state index contributed by atoms with van der Waals surface area (Å²) in [5.41, 5.74) is 10.4. The molecule has 2 N–H and O–H groups in total. The molecule has 1 aliphatic heterocycles. The number of nitrogens with zero attached hydrogens (tertiary/aromatic N) is 1. The number of aryl methyl sites for hydroxylation is 1. The Hall–Kier alpha value is -1.23. The van der Waals surface area contributed by atoms with Crippen LogP contribution in [0.1, 0.15) is 42.3 Å². The number of nitrogens with two attached hydrogens (primary N) is 1. The van der Waals surface area contributed by atoms with Gasteiger partial charge in [-0.25, -0.2) is 0 Å². The molecule has 0 unspecified atom stereocenters. The van der Waals surface area contributed by atoms with Gasteiger partial charge in [0.1, 0.15) is 0 Å². The van der Waals surface area contributed by atoms with Crippen molar-refractivity contribution in [2.75, 3.05) is 19.3 Å². The van der Waals surface area contributed by atoms with E-state index in [2.05, 4.69) is 56.1 Å². The molecule has 24 heavy (non-hydrogen) atoms. The lowest BCUT2D eigenvalue weighted by atomic mass is 10.0. The fourth-order valence-electron chi connectivity index (χ4n) is 2.87. The highest BCUT2D eigenvalue weighted by atomic mass is 32.2. The maximum atomic E-state index is 6.38. The van der Waals surface area contributed by atoms with Crippen molar-refractivity contribution in [1.29, 1.82) is 0 Å². The van der Waals surface area contributed by atoms with Gasteiger partial charge < -0.3 is 10.6 Å². The number of thiophene rings is 1. The van der Waals surface area contributed by atoms with Gasteiger partial charge in [-0.1, -0.05) is 49.9 Å². The molecule has 0 bridgehead atoms. The Morgan fingerprint density at radius 3 is 2.67 bits per heavy atom. The van der Waals surface area contributed by atoms with Crippen LogP contribution in [0.3, 0.4) is 0 Å². The maximum absolute atomic E-state index is 6.38. The number of thioether (sulfide) groups is 1. The van der Waals surface area contributed by atoms with Crippen molar-refractivity contribution < 1.29 is 0 Å². The van der Waals surface area contributed by atoms with Crippen LogP contribution >= 0.6 is 23.1 Å². The molecule has 2 nitrogen and oxygen atoms in total. The standard InChI is InChI=1S/C18H22N2S2.C2H6/c1-4-14(21-15-8-6-5-7-12(15)2)17-13-9-10-20(3)11-16(13)22-18(17)19;1-2/h4-8H,9-11,19H2,1-3H3;1-2H3/b14-4-;. The molecule has 130 valence electrons.